The number of aryl methyl sites for hydroxylation is 1. The highest BCUT2D eigenvalue weighted by Gasteiger charge is 2.27. The third-order valence-electron chi connectivity index (χ3n) is 4.62. The fraction of sp³-hybridized carbons (Fsp3) is 0.316. The number of thiophene rings is 1. The Labute approximate surface area is 170 Å². The zero-order valence-electron chi connectivity index (χ0n) is 15.7. The molecule has 1 fully saturated rings. The molecule has 0 N–H and O–H groups in total. The van der Waals surface area contributed by atoms with Crippen LogP contribution >= 0.6 is 11.3 Å². The van der Waals surface area contributed by atoms with Crippen molar-refractivity contribution in [2.24, 2.45) is 0 Å². The highest BCUT2D eigenvalue weighted by Crippen LogP contribution is 2.23. The molecule has 0 unspecified atom stereocenters. The van der Waals surface area contributed by atoms with E-state index in [-0.39, 0.29) is 17.2 Å². The summed E-state index contributed by atoms with van der Waals surface area (Å²) in [6.07, 6.45) is 0. The molecule has 29 heavy (non-hydrogen) atoms. The Morgan fingerprint density at radius 1 is 1.10 bits per heavy atom. The second kappa shape index (κ2) is 8.82. The van der Waals surface area contributed by atoms with Gasteiger partial charge in [0.05, 0.1) is 9.80 Å². The monoisotopic (exact) mass is 417 g/mol. The van der Waals surface area contributed by atoms with E-state index < -0.39 is 23.4 Å². The Morgan fingerprint density at radius 2 is 1.79 bits per heavy atom. The van der Waals surface area contributed by atoms with Crippen LogP contribution in [0, 0.1) is 17.0 Å². The van der Waals surface area contributed by atoms with Crippen LogP contribution in [0.3, 0.4) is 0 Å². The van der Waals surface area contributed by atoms with Gasteiger partial charge in [-0.15, -0.1) is 11.3 Å². The van der Waals surface area contributed by atoms with E-state index in [1.54, 1.807) is 11.0 Å². The lowest BCUT2D eigenvalue weighted by molar-refractivity contribution is -0.385. The van der Waals surface area contributed by atoms with E-state index in [1.807, 2.05) is 11.4 Å². The number of benzene rings is 1. The van der Waals surface area contributed by atoms with Crippen LogP contribution in [0.4, 0.5) is 5.69 Å². The molecule has 1 saturated heterocycles. The number of nitrogens with zero attached hydrogens (tertiary/aromatic N) is 3. The van der Waals surface area contributed by atoms with Gasteiger partial charge in [0.15, 0.2) is 6.61 Å². The molecule has 0 saturated carbocycles. The molecule has 1 aromatic heterocycles. The molecule has 2 aromatic rings. The summed E-state index contributed by atoms with van der Waals surface area (Å²) in [7, 11) is 0. The summed E-state index contributed by atoms with van der Waals surface area (Å²) in [6, 6.07) is 7.91. The van der Waals surface area contributed by atoms with Crippen LogP contribution < -0.4 is 0 Å². The average molecular weight is 417 g/mol. The third kappa shape index (κ3) is 4.60. The standard InChI is InChI=1S/C19H19N3O6S/c1-13-4-2-5-14(17(13)22(26)27)19(25)28-12-16(23)20-7-9-21(10-8-20)18(24)15-6-3-11-29-15/h2-6,11H,7-10,12H2,1H3. The quantitative estimate of drug-likeness (QED) is 0.419. The first-order valence-corrected chi connectivity index (χ1v) is 9.78. The Morgan fingerprint density at radius 3 is 2.41 bits per heavy atom. The van der Waals surface area contributed by atoms with Crippen molar-refractivity contribution in [3.63, 3.8) is 0 Å². The molecule has 0 atom stereocenters. The summed E-state index contributed by atoms with van der Waals surface area (Å²) in [5, 5.41) is 13.0. The number of rotatable bonds is 5. The van der Waals surface area contributed by atoms with Crippen molar-refractivity contribution >= 4 is 34.8 Å². The molecule has 152 valence electrons. The maximum absolute atomic E-state index is 12.3. The number of hydrogen-bond acceptors (Lipinski definition) is 7. The molecule has 1 aromatic carbocycles. The SMILES string of the molecule is Cc1cccc(C(=O)OCC(=O)N2CCN(C(=O)c3cccs3)CC2)c1[N+](=O)[O-]. The third-order valence-corrected chi connectivity index (χ3v) is 5.48. The second-order valence-corrected chi connectivity index (χ2v) is 7.40. The van der Waals surface area contributed by atoms with Crippen molar-refractivity contribution < 1.29 is 24.0 Å². The minimum Gasteiger partial charge on any atom is -0.452 e. The van der Waals surface area contributed by atoms with Gasteiger partial charge in [-0.25, -0.2) is 4.79 Å². The Bertz CT molecular complexity index is 935. The first-order chi connectivity index (χ1) is 13.9. The lowest BCUT2D eigenvalue weighted by Gasteiger charge is -2.34. The van der Waals surface area contributed by atoms with Crippen molar-refractivity contribution in [1.29, 1.82) is 0 Å². The zero-order valence-corrected chi connectivity index (χ0v) is 16.5. The van der Waals surface area contributed by atoms with Gasteiger partial charge in [0.1, 0.15) is 5.56 Å². The number of ether oxygens (including phenoxy) is 1. The highest BCUT2D eigenvalue weighted by atomic mass is 32.1. The summed E-state index contributed by atoms with van der Waals surface area (Å²) >= 11 is 1.37. The predicted octanol–water partition coefficient (Wildman–Crippen LogP) is 2.11. The van der Waals surface area contributed by atoms with Crippen molar-refractivity contribution in [3.8, 4) is 0 Å². The molecule has 2 heterocycles. The Balaban J connectivity index is 1.53. The van der Waals surface area contributed by atoms with Crippen LogP contribution in [0.5, 0.6) is 0 Å². The molecule has 10 heteroatoms. The summed E-state index contributed by atoms with van der Waals surface area (Å²) in [5.41, 5.74) is -0.179. The molecule has 1 aliphatic heterocycles. The van der Waals surface area contributed by atoms with Gasteiger partial charge in [0, 0.05) is 31.7 Å². The van der Waals surface area contributed by atoms with Crippen molar-refractivity contribution in [3.05, 3.63) is 61.8 Å². The smallest absolute Gasteiger partial charge is 0.345 e. The first-order valence-electron chi connectivity index (χ1n) is 8.90. The van der Waals surface area contributed by atoms with Crippen LogP contribution in [0.1, 0.15) is 25.6 Å². The van der Waals surface area contributed by atoms with E-state index >= 15 is 0 Å². The first kappa shape index (κ1) is 20.5. The van der Waals surface area contributed by atoms with Crippen LogP contribution in [-0.4, -0.2) is 65.3 Å². The lowest BCUT2D eigenvalue weighted by atomic mass is 10.1. The van der Waals surface area contributed by atoms with E-state index in [1.165, 1.54) is 41.4 Å². The molecule has 2 amide bonds. The Kier molecular flexibility index (Phi) is 6.23. The van der Waals surface area contributed by atoms with E-state index in [2.05, 4.69) is 0 Å². The van der Waals surface area contributed by atoms with Crippen molar-refractivity contribution in [1.82, 2.24) is 9.80 Å². The maximum atomic E-state index is 12.3. The van der Waals surface area contributed by atoms with Gasteiger partial charge in [-0.05, 0) is 24.4 Å². The highest BCUT2D eigenvalue weighted by molar-refractivity contribution is 7.12. The minimum absolute atomic E-state index is 0.0646. The fourth-order valence-electron chi connectivity index (χ4n) is 3.08. The van der Waals surface area contributed by atoms with Crippen LogP contribution in [0.15, 0.2) is 35.7 Å². The molecule has 0 spiro atoms. The number of carbonyl (C=O) groups is 3. The number of carbonyl (C=O) groups excluding carboxylic acids is 3. The fourth-order valence-corrected chi connectivity index (χ4v) is 3.77. The number of nitro benzene ring substituents is 1. The summed E-state index contributed by atoms with van der Waals surface area (Å²) in [4.78, 5) is 51.3. The van der Waals surface area contributed by atoms with Gasteiger partial charge < -0.3 is 14.5 Å². The van der Waals surface area contributed by atoms with Crippen molar-refractivity contribution in [2.75, 3.05) is 32.8 Å². The van der Waals surface area contributed by atoms with Gasteiger partial charge in [0.25, 0.3) is 17.5 Å². The summed E-state index contributed by atoms with van der Waals surface area (Å²) < 4.78 is 5.01. The average Bonchev–Trinajstić information content (AvgIpc) is 3.25. The second-order valence-electron chi connectivity index (χ2n) is 6.45. The molecular formula is C19H19N3O6S. The molecule has 1 aliphatic rings. The number of piperazine rings is 1. The molecule has 3 rings (SSSR count). The molecular weight excluding hydrogens is 398 g/mol. The lowest BCUT2D eigenvalue weighted by Crippen LogP contribution is -2.51. The van der Waals surface area contributed by atoms with E-state index in [9.17, 15) is 24.5 Å². The van der Waals surface area contributed by atoms with Crippen LogP contribution in [0.2, 0.25) is 0 Å². The minimum atomic E-state index is -0.916. The molecule has 9 nitrogen and oxygen atoms in total. The van der Waals surface area contributed by atoms with E-state index in [4.69, 9.17) is 4.74 Å². The van der Waals surface area contributed by atoms with Crippen molar-refractivity contribution in [2.45, 2.75) is 6.92 Å². The topological polar surface area (TPSA) is 110 Å². The van der Waals surface area contributed by atoms with Gasteiger partial charge in [-0.1, -0.05) is 18.2 Å². The molecule has 0 bridgehead atoms. The number of nitro groups is 1. The van der Waals surface area contributed by atoms with Gasteiger partial charge in [-0.3, -0.25) is 19.7 Å². The van der Waals surface area contributed by atoms with Gasteiger partial charge in [0.2, 0.25) is 0 Å². The molecule has 0 aliphatic carbocycles. The Hall–Kier alpha value is -3.27. The van der Waals surface area contributed by atoms with Crippen LogP contribution in [0.25, 0.3) is 0 Å². The number of esters is 1. The van der Waals surface area contributed by atoms with E-state index in [0.29, 0.717) is 36.6 Å². The number of para-hydroxylation sites is 1. The summed E-state index contributed by atoms with van der Waals surface area (Å²) in [5.74, 6) is -1.39. The number of amides is 2. The van der Waals surface area contributed by atoms with E-state index in [0.717, 1.165) is 0 Å². The zero-order chi connectivity index (χ0) is 21.0. The molecule has 0 radical (unpaired) electrons. The van der Waals surface area contributed by atoms with Gasteiger partial charge in [-0.2, -0.15) is 0 Å². The maximum Gasteiger partial charge on any atom is 0.345 e. The predicted molar refractivity (Wildman–Crippen MR) is 105 cm³/mol. The largest absolute Gasteiger partial charge is 0.452 e. The normalized spacial score (nSPS) is 13.8. The number of hydrogen-bond donors (Lipinski definition) is 0. The van der Waals surface area contributed by atoms with Gasteiger partial charge >= 0.3 is 5.97 Å². The summed E-state index contributed by atoms with van der Waals surface area (Å²) in [6.45, 7) is 2.45. The van der Waals surface area contributed by atoms with Crippen LogP contribution in [-0.2, 0) is 9.53 Å².